The molecule has 1 amide bonds. The third-order valence-corrected chi connectivity index (χ3v) is 5.95. The van der Waals surface area contributed by atoms with Crippen LogP contribution in [0.3, 0.4) is 0 Å². The normalized spacial score (nSPS) is 16.1. The maximum atomic E-state index is 12.6. The van der Waals surface area contributed by atoms with Gasteiger partial charge in [-0.15, -0.1) is 10.2 Å². The molecule has 0 unspecified atom stereocenters. The van der Waals surface area contributed by atoms with Gasteiger partial charge in [-0.05, 0) is 31.4 Å². The van der Waals surface area contributed by atoms with Crippen molar-refractivity contribution < 1.29 is 4.79 Å². The van der Waals surface area contributed by atoms with Gasteiger partial charge in [0.2, 0.25) is 5.91 Å². The Balaban J connectivity index is 1.68. The van der Waals surface area contributed by atoms with Crippen LogP contribution in [0.15, 0.2) is 29.7 Å². The summed E-state index contributed by atoms with van der Waals surface area (Å²) in [5.74, 6) is 0.885. The van der Waals surface area contributed by atoms with E-state index in [9.17, 15) is 10.1 Å². The van der Waals surface area contributed by atoms with Crippen LogP contribution in [0.5, 0.6) is 0 Å². The van der Waals surface area contributed by atoms with Crippen molar-refractivity contribution in [2.45, 2.75) is 69.1 Å². The molecule has 1 fully saturated rings. The molecule has 3 rings (SSSR count). The molecule has 1 N–H and O–H groups in total. The molecule has 0 atom stereocenters. The zero-order valence-corrected chi connectivity index (χ0v) is 17.0. The molecule has 0 spiro atoms. The first-order valence-corrected chi connectivity index (χ1v) is 10.8. The van der Waals surface area contributed by atoms with Gasteiger partial charge >= 0.3 is 0 Å². The quantitative estimate of drug-likeness (QED) is 0.566. The summed E-state index contributed by atoms with van der Waals surface area (Å²) in [6.45, 7) is 2.87. The molecule has 7 nitrogen and oxygen atoms in total. The lowest BCUT2D eigenvalue weighted by atomic mass is 9.92. The van der Waals surface area contributed by atoms with E-state index in [0.29, 0.717) is 0 Å². The predicted octanol–water partition coefficient (Wildman–Crippen LogP) is 3.57. The van der Waals surface area contributed by atoms with E-state index in [-0.39, 0.29) is 11.7 Å². The van der Waals surface area contributed by atoms with Crippen molar-refractivity contribution >= 4 is 17.7 Å². The van der Waals surface area contributed by atoms with Gasteiger partial charge in [0.05, 0.1) is 11.8 Å². The summed E-state index contributed by atoms with van der Waals surface area (Å²) in [5, 5.41) is 22.0. The SMILES string of the molecule is CCCn1c(SCC(=O)NC2(C#N)CCCCCC2)nnc1-c1ccncc1. The highest BCUT2D eigenvalue weighted by Gasteiger charge is 2.32. The molecule has 1 aliphatic rings. The Bertz CT molecular complexity index is 821. The summed E-state index contributed by atoms with van der Waals surface area (Å²) in [7, 11) is 0. The Morgan fingerprint density at radius 2 is 1.96 bits per heavy atom. The van der Waals surface area contributed by atoms with Crippen LogP contribution in [-0.2, 0) is 11.3 Å². The second-order valence-electron chi connectivity index (χ2n) is 7.14. The van der Waals surface area contributed by atoms with Gasteiger partial charge in [-0.3, -0.25) is 9.78 Å². The first kappa shape index (κ1) is 20.3. The Kier molecular flexibility index (Phi) is 7.04. The number of hydrogen-bond acceptors (Lipinski definition) is 6. The Labute approximate surface area is 170 Å². The van der Waals surface area contributed by atoms with E-state index < -0.39 is 5.54 Å². The minimum Gasteiger partial charge on any atom is -0.337 e. The number of thioether (sulfide) groups is 1. The lowest BCUT2D eigenvalue weighted by Gasteiger charge is -2.26. The second-order valence-corrected chi connectivity index (χ2v) is 8.08. The van der Waals surface area contributed by atoms with Crippen LogP contribution in [0.25, 0.3) is 11.4 Å². The molecule has 2 aromatic rings. The van der Waals surface area contributed by atoms with Gasteiger partial charge in [0, 0.05) is 24.5 Å². The second kappa shape index (κ2) is 9.69. The largest absolute Gasteiger partial charge is 0.337 e. The number of carbonyl (C=O) groups is 1. The first-order chi connectivity index (χ1) is 13.7. The van der Waals surface area contributed by atoms with Crippen molar-refractivity contribution in [1.29, 1.82) is 5.26 Å². The highest BCUT2D eigenvalue weighted by molar-refractivity contribution is 7.99. The summed E-state index contributed by atoms with van der Waals surface area (Å²) < 4.78 is 2.04. The van der Waals surface area contributed by atoms with Crippen molar-refractivity contribution in [2.24, 2.45) is 0 Å². The maximum Gasteiger partial charge on any atom is 0.231 e. The Hall–Kier alpha value is -2.40. The molecule has 0 radical (unpaired) electrons. The van der Waals surface area contributed by atoms with E-state index in [1.807, 2.05) is 16.7 Å². The van der Waals surface area contributed by atoms with E-state index in [4.69, 9.17) is 0 Å². The van der Waals surface area contributed by atoms with E-state index in [1.165, 1.54) is 11.8 Å². The van der Waals surface area contributed by atoms with Crippen molar-refractivity contribution in [2.75, 3.05) is 5.75 Å². The molecule has 1 aliphatic carbocycles. The van der Waals surface area contributed by atoms with Crippen LogP contribution >= 0.6 is 11.8 Å². The number of hydrogen-bond donors (Lipinski definition) is 1. The van der Waals surface area contributed by atoms with E-state index in [2.05, 4.69) is 33.5 Å². The van der Waals surface area contributed by atoms with Gasteiger partial charge in [-0.1, -0.05) is 44.4 Å². The van der Waals surface area contributed by atoms with Crippen LogP contribution in [-0.4, -0.2) is 36.9 Å². The minimum atomic E-state index is -0.715. The van der Waals surface area contributed by atoms with Crippen LogP contribution in [0.4, 0.5) is 0 Å². The number of pyridine rings is 1. The number of nitrogens with one attached hydrogen (secondary N) is 1. The number of aromatic nitrogens is 4. The van der Waals surface area contributed by atoms with Gasteiger partial charge in [-0.2, -0.15) is 5.26 Å². The van der Waals surface area contributed by atoms with Gasteiger partial charge < -0.3 is 9.88 Å². The summed E-state index contributed by atoms with van der Waals surface area (Å²) in [6.07, 6.45) is 10.1. The molecule has 8 heteroatoms. The Morgan fingerprint density at radius 1 is 1.25 bits per heavy atom. The van der Waals surface area contributed by atoms with Gasteiger partial charge in [-0.25, -0.2) is 0 Å². The molecule has 0 bridgehead atoms. The number of nitriles is 1. The maximum absolute atomic E-state index is 12.6. The van der Waals surface area contributed by atoms with Crippen LogP contribution in [0, 0.1) is 11.3 Å². The molecule has 0 aliphatic heterocycles. The van der Waals surface area contributed by atoms with Gasteiger partial charge in [0.25, 0.3) is 0 Å². The smallest absolute Gasteiger partial charge is 0.231 e. The molecule has 148 valence electrons. The van der Waals surface area contributed by atoms with Crippen LogP contribution in [0.1, 0.15) is 51.9 Å². The monoisotopic (exact) mass is 398 g/mol. The topological polar surface area (TPSA) is 96.5 Å². The molecule has 28 heavy (non-hydrogen) atoms. The van der Waals surface area contributed by atoms with Crippen molar-refractivity contribution in [3.05, 3.63) is 24.5 Å². The fourth-order valence-electron chi connectivity index (χ4n) is 3.57. The fraction of sp³-hybridized carbons (Fsp3) is 0.550. The molecular formula is C20H26N6OS. The van der Waals surface area contributed by atoms with E-state index in [0.717, 1.165) is 68.0 Å². The van der Waals surface area contributed by atoms with E-state index in [1.54, 1.807) is 12.4 Å². The van der Waals surface area contributed by atoms with E-state index >= 15 is 0 Å². The number of nitrogens with zero attached hydrogens (tertiary/aromatic N) is 5. The number of amides is 1. The van der Waals surface area contributed by atoms with Crippen LogP contribution in [0.2, 0.25) is 0 Å². The molecule has 0 aromatic carbocycles. The zero-order valence-electron chi connectivity index (χ0n) is 16.2. The van der Waals surface area contributed by atoms with Gasteiger partial charge in [0.1, 0.15) is 5.54 Å². The number of rotatable bonds is 7. The average molecular weight is 399 g/mol. The standard InChI is InChI=1S/C20H26N6OS/c1-2-13-26-18(16-7-11-22-12-8-16)24-25-19(26)28-14-17(27)23-20(15-21)9-5-3-4-6-10-20/h7-8,11-12H,2-6,9-10,13-14H2,1H3,(H,23,27). The first-order valence-electron chi connectivity index (χ1n) is 9.86. The third kappa shape index (κ3) is 4.90. The Morgan fingerprint density at radius 3 is 2.61 bits per heavy atom. The summed E-state index contributed by atoms with van der Waals surface area (Å²) in [5.41, 5.74) is 0.238. The minimum absolute atomic E-state index is 0.120. The van der Waals surface area contributed by atoms with Crippen LogP contribution < -0.4 is 5.32 Å². The molecule has 2 heterocycles. The highest BCUT2D eigenvalue weighted by Crippen LogP contribution is 2.28. The third-order valence-electron chi connectivity index (χ3n) is 4.98. The highest BCUT2D eigenvalue weighted by atomic mass is 32.2. The zero-order chi connectivity index (χ0) is 19.8. The summed E-state index contributed by atoms with van der Waals surface area (Å²) in [6, 6.07) is 6.17. The average Bonchev–Trinajstić information content (AvgIpc) is 2.97. The van der Waals surface area contributed by atoms with Crippen molar-refractivity contribution in [1.82, 2.24) is 25.1 Å². The molecular weight excluding hydrogens is 372 g/mol. The predicted molar refractivity (Wildman–Crippen MR) is 108 cm³/mol. The molecule has 2 aromatic heterocycles. The lowest BCUT2D eigenvalue weighted by molar-refractivity contribution is -0.120. The molecule has 1 saturated carbocycles. The van der Waals surface area contributed by atoms with Crippen molar-refractivity contribution in [3.8, 4) is 17.5 Å². The fourth-order valence-corrected chi connectivity index (χ4v) is 4.33. The molecule has 0 saturated heterocycles. The summed E-state index contributed by atoms with van der Waals surface area (Å²) in [4.78, 5) is 16.6. The number of carbonyl (C=O) groups excluding carboxylic acids is 1. The van der Waals surface area contributed by atoms with Gasteiger partial charge in [0.15, 0.2) is 11.0 Å². The van der Waals surface area contributed by atoms with Crippen molar-refractivity contribution in [3.63, 3.8) is 0 Å². The lowest BCUT2D eigenvalue weighted by Crippen LogP contribution is -2.47. The summed E-state index contributed by atoms with van der Waals surface area (Å²) >= 11 is 1.37.